The van der Waals surface area contributed by atoms with Gasteiger partial charge in [0.05, 0.1) is 13.7 Å². The van der Waals surface area contributed by atoms with Crippen LogP contribution in [0.1, 0.15) is 11.1 Å². The summed E-state index contributed by atoms with van der Waals surface area (Å²) in [4.78, 5) is 11.6. The lowest BCUT2D eigenvalue weighted by molar-refractivity contribution is -0.137. The maximum Gasteiger partial charge on any atom is 0.330 e. The molecule has 0 amide bonds. The molecule has 0 aliphatic heterocycles. The minimum atomic E-state index is -0.411. The third-order valence-corrected chi connectivity index (χ3v) is 3.09. The van der Waals surface area contributed by atoms with Crippen molar-refractivity contribution in [1.29, 1.82) is 0 Å². The number of esters is 1. The molecular formula is C18H18O4. The van der Waals surface area contributed by atoms with Crippen molar-refractivity contribution in [3.05, 3.63) is 65.7 Å². The highest BCUT2D eigenvalue weighted by Crippen LogP contribution is 2.26. The molecule has 0 spiro atoms. The Labute approximate surface area is 129 Å². The van der Waals surface area contributed by atoms with Crippen LogP contribution in [0.3, 0.4) is 0 Å². The number of phenolic OH excluding ortho intramolecular Hbond substituents is 1. The van der Waals surface area contributed by atoms with E-state index in [2.05, 4.69) is 0 Å². The van der Waals surface area contributed by atoms with Crippen LogP contribution < -0.4 is 4.74 Å². The maximum absolute atomic E-state index is 11.6. The Morgan fingerprint density at radius 3 is 2.64 bits per heavy atom. The van der Waals surface area contributed by atoms with Crippen molar-refractivity contribution in [2.24, 2.45) is 0 Å². The van der Waals surface area contributed by atoms with E-state index in [9.17, 15) is 9.90 Å². The smallest absolute Gasteiger partial charge is 0.330 e. The molecule has 0 bridgehead atoms. The zero-order chi connectivity index (χ0) is 15.8. The monoisotopic (exact) mass is 298 g/mol. The third kappa shape index (κ3) is 4.66. The van der Waals surface area contributed by atoms with E-state index in [4.69, 9.17) is 9.47 Å². The molecule has 0 unspecified atom stereocenters. The molecule has 0 aromatic heterocycles. The Kier molecular flexibility index (Phi) is 5.60. The molecule has 0 saturated carbocycles. The number of rotatable bonds is 6. The molecule has 2 aromatic rings. The molecule has 2 aromatic carbocycles. The highest BCUT2D eigenvalue weighted by atomic mass is 16.5. The van der Waals surface area contributed by atoms with Crippen molar-refractivity contribution in [3.8, 4) is 11.5 Å². The molecule has 114 valence electrons. The lowest BCUT2D eigenvalue weighted by atomic mass is 10.2. The summed E-state index contributed by atoms with van der Waals surface area (Å²) in [6, 6.07) is 14.7. The van der Waals surface area contributed by atoms with Crippen molar-refractivity contribution >= 4 is 12.0 Å². The van der Waals surface area contributed by atoms with Crippen LogP contribution in [-0.2, 0) is 16.0 Å². The van der Waals surface area contributed by atoms with E-state index >= 15 is 0 Å². The fourth-order valence-electron chi connectivity index (χ4n) is 1.94. The molecule has 22 heavy (non-hydrogen) atoms. The number of aromatic hydroxyl groups is 1. The van der Waals surface area contributed by atoms with Crippen LogP contribution in [0.2, 0.25) is 0 Å². The van der Waals surface area contributed by atoms with E-state index in [1.807, 2.05) is 30.3 Å². The average molecular weight is 298 g/mol. The Morgan fingerprint density at radius 1 is 1.18 bits per heavy atom. The number of carbonyl (C=O) groups excluding carboxylic acids is 1. The Bertz CT molecular complexity index is 647. The predicted molar refractivity (Wildman–Crippen MR) is 84.8 cm³/mol. The van der Waals surface area contributed by atoms with E-state index < -0.39 is 5.97 Å². The quantitative estimate of drug-likeness (QED) is 0.657. The zero-order valence-electron chi connectivity index (χ0n) is 12.4. The molecule has 1 N–H and O–H groups in total. The number of ether oxygens (including phenoxy) is 2. The molecule has 0 radical (unpaired) electrons. The topological polar surface area (TPSA) is 55.8 Å². The standard InChI is InChI=1S/C18H18O4/c1-21-17-9-7-15(13-16(17)19)8-10-18(20)22-12-11-14-5-3-2-4-6-14/h2-10,13,19H,11-12H2,1H3/b10-8-. The van der Waals surface area contributed by atoms with Crippen molar-refractivity contribution in [2.45, 2.75) is 6.42 Å². The first-order chi connectivity index (χ1) is 10.7. The van der Waals surface area contributed by atoms with E-state index in [-0.39, 0.29) is 5.75 Å². The summed E-state index contributed by atoms with van der Waals surface area (Å²) in [5.41, 5.74) is 1.82. The van der Waals surface area contributed by atoms with Crippen LogP contribution in [-0.4, -0.2) is 24.8 Å². The van der Waals surface area contributed by atoms with Crippen molar-refractivity contribution in [1.82, 2.24) is 0 Å². The summed E-state index contributed by atoms with van der Waals surface area (Å²) in [7, 11) is 1.48. The van der Waals surface area contributed by atoms with Gasteiger partial charge < -0.3 is 14.6 Å². The molecule has 2 rings (SSSR count). The van der Waals surface area contributed by atoms with Crippen LogP contribution in [0.15, 0.2) is 54.6 Å². The highest BCUT2D eigenvalue weighted by Gasteiger charge is 2.02. The minimum absolute atomic E-state index is 0.0297. The average Bonchev–Trinajstić information content (AvgIpc) is 2.54. The van der Waals surface area contributed by atoms with Gasteiger partial charge in [-0.3, -0.25) is 0 Å². The zero-order valence-corrected chi connectivity index (χ0v) is 12.4. The molecule has 4 heteroatoms. The van der Waals surface area contributed by atoms with Gasteiger partial charge >= 0.3 is 5.97 Å². The Morgan fingerprint density at radius 2 is 1.95 bits per heavy atom. The van der Waals surface area contributed by atoms with Gasteiger partial charge in [0.25, 0.3) is 0 Å². The second kappa shape index (κ2) is 7.88. The van der Waals surface area contributed by atoms with Crippen LogP contribution in [0, 0.1) is 0 Å². The van der Waals surface area contributed by atoms with Gasteiger partial charge in [-0.25, -0.2) is 4.79 Å². The fraction of sp³-hybridized carbons (Fsp3) is 0.167. The number of hydrogen-bond donors (Lipinski definition) is 1. The molecular weight excluding hydrogens is 280 g/mol. The lowest BCUT2D eigenvalue weighted by Gasteiger charge is -2.04. The maximum atomic E-state index is 11.6. The largest absolute Gasteiger partial charge is 0.504 e. The minimum Gasteiger partial charge on any atom is -0.504 e. The lowest BCUT2D eigenvalue weighted by Crippen LogP contribution is -2.04. The molecule has 0 aliphatic carbocycles. The normalized spacial score (nSPS) is 10.6. The Balaban J connectivity index is 1.82. The van der Waals surface area contributed by atoms with Gasteiger partial charge in [-0.2, -0.15) is 0 Å². The van der Waals surface area contributed by atoms with E-state index in [1.165, 1.54) is 19.3 Å². The third-order valence-electron chi connectivity index (χ3n) is 3.09. The fourth-order valence-corrected chi connectivity index (χ4v) is 1.94. The molecule has 0 atom stereocenters. The highest BCUT2D eigenvalue weighted by molar-refractivity contribution is 5.87. The van der Waals surface area contributed by atoms with Crippen molar-refractivity contribution in [3.63, 3.8) is 0 Å². The van der Waals surface area contributed by atoms with Crippen molar-refractivity contribution < 1.29 is 19.4 Å². The summed E-state index contributed by atoms with van der Waals surface area (Å²) < 4.78 is 10.1. The second-order valence-corrected chi connectivity index (χ2v) is 4.67. The van der Waals surface area contributed by atoms with Crippen LogP contribution in [0.5, 0.6) is 11.5 Å². The molecule has 0 heterocycles. The van der Waals surface area contributed by atoms with E-state index in [0.717, 1.165) is 5.56 Å². The molecule has 4 nitrogen and oxygen atoms in total. The van der Waals surface area contributed by atoms with Gasteiger partial charge in [0, 0.05) is 12.5 Å². The van der Waals surface area contributed by atoms with Gasteiger partial charge in [-0.05, 0) is 29.3 Å². The van der Waals surface area contributed by atoms with Gasteiger partial charge in [0.1, 0.15) is 0 Å². The van der Waals surface area contributed by atoms with E-state index in [0.29, 0.717) is 24.3 Å². The first-order valence-electron chi connectivity index (χ1n) is 6.95. The van der Waals surface area contributed by atoms with Crippen LogP contribution in [0.25, 0.3) is 6.08 Å². The van der Waals surface area contributed by atoms with Crippen LogP contribution >= 0.6 is 0 Å². The van der Waals surface area contributed by atoms with Gasteiger partial charge in [0.2, 0.25) is 0 Å². The second-order valence-electron chi connectivity index (χ2n) is 4.67. The summed E-state index contributed by atoms with van der Waals surface area (Å²) in [6.07, 6.45) is 3.61. The van der Waals surface area contributed by atoms with Crippen molar-refractivity contribution in [2.75, 3.05) is 13.7 Å². The van der Waals surface area contributed by atoms with Crippen LogP contribution in [0.4, 0.5) is 0 Å². The first kappa shape index (κ1) is 15.6. The summed E-state index contributed by atoms with van der Waals surface area (Å²) in [5.74, 6) is 0.0101. The molecule has 0 aliphatic rings. The number of carbonyl (C=O) groups is 1. The summed E-state index contributed by atoms with van der Waals surface area (Å²) in [6.45, 7) is 0.334. The van der Waals surface area contributed by atoms with Gasteiger partial charge in [-0.1, -0.05) is 36.4 Å². The molecule has 0 saturated heterocycles. The summed E-state index contributed by atoms with van der Waals surface area (Å²) >= 11 is 0. The number of methoxy groups -OCH3 is 1. The number of benzene rings is 2. The first-order valence-corrected chi connectivity index (χ1v) is 6.95. The van der Waals surface area contributed by atoms with Gasteiger partial charge in [0.15, 0.2) is 11.5 Å². The molecule has 0 fully saturated rings. The Hall–Kier alpha value is -2.75. The number of phenols is 1. The summed E-state index contributed by atoms with van der Waals surface area (Å²) in [5, 5.41) is 9.65. The number of hydrogen-bond acceptors (Lipinski definition) is 4. The predicted octanol–water partition coefficient (Wildman–Crippen LogP) is 3.20. The van der Waals surface area contributed by atoms with E-state index in [1.54, 1.807) is 18.2 Å². The van der Waals surface area contributed by atoms with Gasteiger partial charge in [-0.15, -0.1) is 0 Å². The SMILES string of the molecule is COc1ccc(/C=C\C(=O)OCCc2ccccc2)cc1O.